The van der Waals surface area contributed by atoms with Gasteiger partial charge in [0.15, 0.2) is 0 Å². The third-order valence-electron chi connectivity index (χ3n) is 3.53. The van der Waals surface area contributed by atoms with E-state index in [4.69, 9.17) is 5.11 Å². The molecule has 216 valence electrons. The number of aliphatic hydroxyl groups is 1. The van der Waals surface area contributed by atoms with Crippen LogP contribution in [0.15, 0.2) is 0 Å². The summed E-state index contributed by atoms with van der Waals surface area (Å²) in [4.78, 5) is 64.5. The van der Waals surface area contributed by atoms with Gasteiger partial charge in [0.2, 0.25) is 0 Å². The van der Waals surface area contributed by atoms with Crippen LogP contribution in [0.5, 0.6) is 0 Å². The van der Waals surface area contributed by atoms with Crippen molar-refractivity contribution in [3.63, 3.8) is 0 Å². The molecule has 0 heterocycles. The molecule has 0 fully saturated rings. The molecule has 0 aliphatic carbocycles. The van der Waals surface area contributed by atoms with Gasteiger partial charge < -0.3 is 19.3 Å². The summed E-state index contributed by atoms with van der Waals surface area (Å²) in [6, 6.07) is 0. The Balaban J connectivity index is -0.000000129. The van der Waals surface area contributed by atoms with Crippen molar-refractivity contribution >= 4 is 35.3 Å². The number of Topliss-reactive ketones (excluding diaryl/α,β-unsaturated/α-hetero) is 3. The van der Waals surface area contributed by atoms with Crippen molar-refractivity contribution < 1.29 is 74.3 Å². The van der Waals surface area contributed by atoms with Crippen LogP contribution < -0.4 is 0 Å². The summed E-state index contributed by atoms with van der Waals surface area (Å²) >= 11 is 0. The predicted octanol–water partition coefficient (Wildman–Crippen LogP) is 3.92. The molecule has 11 heteroatoms. The molecule has 0 spiro atoms. The van der Waals surface area contributed by atoms with Crippen LogP contribution >= 0.6 is 0 Å². The van der Waals surface area contributed by atoms with Gasteiger partial charge in [-0.25, -0.2) is 0 Å². The standard InChI is InChI=1S/3C8H14O3.C2H6O.Zr/c3*1-3-5-7(9)6-8(10)11-4-2;1-2-3;/h3*3-6H2,1-2H3;3H,2H2,1H3;. The zero-order valence-corrected chi connectivity index (χ0v) is 26.3. The Bertz CT molecular complexity index is 477. The van der Waals surface area contributed by atoms with E-state index in [-0.39, 0.29) is 69.4 Å². The predicted molar refractivity (Wildman–Crippen MR) is 136 cm³/mol. The van der Waals surface area contributed by atoms with E-state index >= 15 is 0 Å². The Morgan fingerprint density at radius 3 is 0.811 bits per heavy atom. The molecule has 0 radical (unpaired) electrons. The molecule has 0 aliphatic rings. The number of ether oxygens (including phenoxy) is 3. The summed E-state index contributed by atoms with van der Waals surface area (Å²) in [6.07, 6.45) is 3.58. The minimum atomic E-state index is -0.411. The Morgan fingerprint density at radius 1 is 0.486 bits per heavy atom. The fourth-order valence-corrected chi connectivity index (χ4v) is 2.22. The quantitative estimate of drug-likeness (QED) is 0.164. The zero-order chi connectivity index (χ0) is 28.8. The third kappa shape index (κ3) is 44.6. The zero-order valence-electron chi connectivity index (χ0n) is 23.8. The normalized spacial score (nSPS) is 8.76. The number of ketones is 3. The first-order valence-electron chi connectivity index (χ1n) is 12.7. The Kier molecular flexibility index (Phi) is 44.5. The van der Waals surface area contributed by atoms with Gasteiger partial charge in [0.05, 0.1) is 19.8 Å². The first kappa shape index (κ1) is 45.2. The molecule has 10 nitrogen and oxygen atoms in total. The average Bonchev–Trinajstić information content (AvgIpc) is 2.76. The molecule has 0 aromatic heterocycles. The molecule has 0 saturated heterocycles. The van der Waals surface area contributed by atoms with Crippen LogP contribution in [0.2, 0.25) is 0 Å². The van der Waals surface area contributed by atoms with E-state index in [0.29, 0.717) is 39.1 Å². The summed E-state index contributed by atoms with van der Waals surface area (Å²) in [5.74, 6) is -1.34. The van der Waals surface area contributed by atoms with Gasteiger partial charge in [-0.3, -0.25) is 28.8 Å². The van der Waals surface area contributed by atoms with Gasteiger partial charge in [-0.2, -0.15) is 0 Å². The molecule has 0 amide bonds. The molecule has 1 N–H and O–H groups in total. The smallest absolute Gasteiger partial charge is 0.313 e. The molecule has 37 heavy (non-hydrogen) atoms. The van der Waals surface area contributed by atoms with E-state index in [9.17, 15) is 28.8 Å². The number of aliphatic hydroxyl groups excluding tert-OH is 1. The number of hydrogen-bond donors (Lipinski definition) is 1. The van der Waals surface area contributed by atoms with Crippen LogP contribution in [0, 0.1) is 0 Å². The van der Waals surface area contributed by atoms with Crippen molar-refractivity contribution in [3.8, 4) is 0 Å². The van der Waals surface area contributed by atoms with Crippen LogP contribution in [0.25, 0.3) is 0 Å². The molecule has 0 unspecified atom stereocenters. The number of esters is 3. The summed E-state index contributed by atoms with van der Waals surface area (Å²) in [5, 5.41) is 7.57. The Labute approximate surface area is 241 Å². The first-order chi connectivity index (χ1) is 17.0. The van der Waals surface area contributed by atoms with Gasteiger partial charge >= 0.3 is 17.9 Å². The van der Waals surface area contributed by atoms with Gasteiger partial charge in [0, 0.05) is 52.1 Å². The van der Waals surface area contributed by atoms with Crippen molar-refractivity contribution in [1.82, 2.24) is 0 Å². The second-order valence-corrected chi connectivity index (χ2v) is 7.13. The molecule has 0 rings (SSSR count). The third-order valence-corrected chi connectivity index (χ3v) is 3.53. The largest absolute Gasteiger partial charge is 0.466 e. The molecule has 0 atom stereocenters. The number of hydrogen-bond acceptors (Lipinski definition) is 10. The molecule has 0 aromatic carbocycles. The molecular weight excluding hydrogens is 564 g/mol. The summed E-state index contributed by atoms with van der Waals surface area (Å²) in [7, 11) is 0. The maximum absolute atomic E-state index is 10.8. The van der Waals surface area contributed by atoms with Gasteiger partial charge in [0.25, 0.3) is 0 Å². The SMILES string of the molecule is CCCC(=O)CC(=O)OCC.CCCC(=O)CC(=O)OCC.CCCC(=O)CC(=O)OCC.CCO.[Zr]. The van der Waals surface area contributed by atoms with Gasteiger partial charge in [-0.05, 0) is 47.0 Å². The second-order valence-electron chi connectivity index (χ2n) is 7.13. The fraction of sp³-hybridized carbons (Fsp3) is 0.769. The second kappa shape index (κ2) is 36.4. The maximum Gasteiger partial charge on any atom is 0.313 e. The van der Waals surface area contributed by atoms with Crippen molar-refractivity contribution in [3.05, 3.63) is 0 Å². The average molecular weight is 612 g/mol. The molecule has 0 bridgehead atoms. The van der Waals surface area contributed by atoms with E-state index in [2.05, 4.69) is 14.2 Å². The Morgan fingerprint density at radius 2 is 0.676 bits per heavy atom. The van der Waals surface area contributed by atoms with E-state index in [1.165, 1.54) is 0 Å². The fourth-order valence-electron chi connectivity index (χ4n) is 2.22. The first-order valence-corrected chi connectivity index (χ1v) is 12.7. The van der Waals surface area contributed by atoms with E-state index < -0.39 is 17.9 Å². The van der Waals surface area contributed by atoms with E-state index in [1.54, 1.807) is 27.7 Å². The minimum absolute atomic E-state index is 0. The summed E-state index contributed by atoms with van der Waals surface area (Å²) < 4.78 is 13.8. The molecular formula is C26H48O10Zr. The number of carbonyl (C=O) groups excluding carboxylic acids is 6. The molecule has 0 aliphatic heterocycles. The van der Waals surface area contributed by atoms with Crippen molar-refractivity contribution in [2.75, 3.05) is 26.4 Å². The number of carbonyl (C=O) groups is 6. The Hall–Kier alpha value is -1.74. The van der Waals surface area contributed by atoms with Gasteiger partial charge in [0.1, 0.15) is 36.6 Å². The van der Waals surface area contributed by atoms with Crippen LogP contribution in [0.3, 0.4) is 0 Å². The van der Waals surface area contributed by atoms with Crippen LogP contribution in [0.4, 0.5) is 0 Å². The van der Waals surface area contributed by atoms with Crippen molar-refractivity contribution in [1.29, 1.82) is 0 Å². The molecule has 0 aromatic rings. The van der Waals surface area contributed by atoms with E-state index in [1.807, 2.05) is 20.8 Å². The van der Waals surface area contributed by atoms with Crippen LogP contribution in [-0.2, 0) is 69.2 Å². The van der Waals surface area contributed by atoms with Crippen molar-refractivity contribution in [2.45, 2.75) is 106 Å². The van der Waals surface area contributed by atoms with Gasteiger partial charge in [-0.15, -0.1) is 0 Å². The summed E-state index contributed by atoms with van der Waals surface area (Å²) in [6.45, 7) is 13.9. The van der Waals surface area contributed by atoms with Crippen LogP contribution in [0.1, 0.15) is 106 Å². The monoisotopic (exact) mass is 610 g/mol. The van der Waals surface area contributed by atoms with Crippen molar-refractivity contribution in [2.24, 2.45) is 0 Å². The van der Waals surface area contributed by atoms with Crippen LogP contribution in [-0.4, -0.2) is 66.8 Å². The topological polar surface area (TPSA) is 150 Å². The summed E-state index contributed by atoms with van der Waals surface area (Å²) in [5.41, 5.74) is 0. The van der Waals surface area contributed by atoms with E-state index in [0.717, 1.165) is 19.3 Å². The molecule has 0 saturated carbocycles. The minimum Gasteiger partial charge on any atom is -0.466 e. The number of rotatable bonds is 15. The van der Waals surface area contributed by atoms with Gasteiger partial charge in [-0.1, -0.05) is 20.8 Å². The maximum atomic E-state index is 10.8.